The van der Waals surface area contributed by atoms with Crippen molar-refractivity contribution in [3.8, 4) is 17.0 Å². The van der Waals surface area contributed by atoms with Crippen LogP contribution in [0.5, 0.6) is 5.75 Å². The third-order valence-electron chi connectivity index (χ3n) is 4.17. The van der Waals surface area contributed by atoms with Gasteiger partial charge in [-0.25, -0.2) is 0 Å². The number of hydrogen-bond donors (Lipinski definition) is 2. The van der Waals surface area contributed by atoms with Crippen molar-refractivity contribution in [2.75, 3.05) is 0 Å². The van der Waals surface area contributed by atoms with Crippen LogP contribution in [0.1, 0.15) is 64.9 Å². The lowest BCUT2D eigenvalue weighted by Gasteiger charge is -2.28. The first kappa shape index (κ1) is 19.0. The Balaban J connectivity index is 2.53. The van der Waals surface area contributed by atoms with Crippen LogP contribution in [0, 0.1) is 0 Å². The van der Waals surface area contributed by atoms with Crippen LogP contribution in [0.15, 0.2) is 22.7 Å². The van der Waals surface area contributed by atoms with Gasteiger partial charge in [-0.05, 0) is 23.0 Å². The predicted octanol–water partition coefficient (Wildman–Crippen LogP) is 4.66. The van der Waals surface area contributed by atoms with Gasteiger partial charge in [0.05, 0.1) is 6.42 Å². The standard InChI is InChI=1S/C20H27NO4/c1-19(2,3)14-9-12(10-15(18(14)24)20(4,5)6)16-11-13(25-21-16)7-8-17(22)23/h9-11,24H,7-8H2,1-6H3,(H,22,23). The number of carboxylic acid groups (broad SMARTS) is 1. The highest BCUT2D eigenvalue weighted by molar-refractivity contribution is 5.68. The Morgan fingerprint density at radius 1 is 1.04 bits per heavy atom. The van der Waals surface area contributed by atoms with E-state index in [0.29, 0.717) is 23.6 Å². The van der Waals surface area contributed by atoms with Gasteiger partial charge in [-0.2, -0.15) is 0 Å². The molecule has 2 aromatic rings. The maximum absolute atomic E-state index is 10.8. The lowest BCUT2D eigenvalue weighted by atomic mass is 9.78. The Labute approximate surface area is 148 Å². The molecule has 2 rings (SSSR count). The quantitative estimate of drug-likeness (QED) is 0.842. The summed E-state index contributed by atoms with van der Waals surface area (Å²) < 4.78 is 5.27. The van der Waals surface area contributed by atoms with Crippen LogP contribution in [0.2, 0.25) is 0 Å². The summed E-state index contributed by atoms with van der Waals surface area (Å²) in [6, 6.07) is 5.64. The Hall–Kier alpha value is -2.30. The summed E-state index contributed by atoms with van der Waals surface area (Å²) in [6.45, 7) is 12.3. The summed E-state index contributed by atoms with van der Waals surface area (Å²) in [4.78, 5) is 10.7. The van der Waals surface area contributed by atoms with Crippen molar-refractivity contribution in [2.24, 2.45) is 0 Å². The molecule has 25 heavy (non-hydrogen) atoms. The van der Waals surface area contributed by atoms with Gasteiger partial charge >= 0.3 is 5.97 Å². The molecule has 5 nitrogen and oxygen atoms in total. The van der Waals surface area contributed by atoms with Crippen molar-refractivity contribution >= 4 is 5.97 Å². The fraction of sp³-hybridized carbons (Fsp3) is 0.500. The smallest absolute Gasteiger partial charge is 0.303 e. The number of benzene rings is 1. The molecule has 0 aliphatic heterocycles. The van der Waals surface area contributed by atoms with Crippen molar-refractivity contribution in [3.63, 3.8) is 0 Å². The second kappa shape index (κ2) is 6.54. The minimum atomic E-state index is -0.868. The molecule has 0 unspecified atom stereocenters. The van der Waals surface area contributed by atoms with Gasteiger partial charge in [-0.3, -0.25) is 4.79 Å². The number of carboxylic acids is 1. The number of rotatable bonds is 4. The van der Waals surface area contributed by atoms with E-state index in [4.69, 9.17) is 9.63 Å². The third kappa shape index (κ3) is 4.41. The maximum Gasteiger partial charge on any atom is 0.303 e. The van der Waals surface area contributed by atoms with Crippen molar-refractivity contribution in [1.82, 2.24) is 5.16 Å². The largest absolute Gasteiger partial charge is 0.507 e. The van der Waals surface area contributed by atoms with Gasteiger partial charge in [0.15, 0.2) is 0 Å². The molecule has 1 aromatic heterocycles. The average molecular weight is 345 g/mol. The summed E-state index contributed by atoms with van der Waals surface area (Å²) in [6.07, 6.45) is 0.309. The number of phenolic OH excluding ortho intramolecular Hbond substituents is 1. The van der Waals surface area contributed by atoms with E-state index < -0.39 is 5.97 Å². The molecular weight excluding hydrogens is 318 g/mol. The first-order valence-corrected chi connectivity index (χ1v) is 8.45. The van der Waals surface area contributed by atoms with Crippen molar-refractivity contribution in [3.05, 3.63) is 35.1 Å². The number of aryl methyl sites for hydroxylation is 1. The van der Waals surface area contributed by atoms with Crippen LogP contribution in [0.25, 0.3) is 11.3 Å². The van der Waals surface area contributed by atoms with E-state index in [1.165, 1.54) is 0 Å². The Morgan fingerprint density at radius 2 is 1.56 bits per heavy atom. The molecule has 2 N–H and O–H groups in total. The minimum Gasteiger partial charge on any atom is -0.507 e. The van der Waals surface area contributed by atoms with Gasteiger partial charge < -0.3 is 14.7 Å². The van der Waals surface area contributed by atoms with Gasteiger partial charge in [-0.1, -0.05) is 46.7 Å². The number of phenols is 1. The van der Waals surface area contributed by atoms with Crippen LogP contribution in [0.4, 0.5) is 0 Å². The van der Waals surface area contributed by atoms with E-state index in [1.807, 2.05) is 12.1 Å². The van der Waals surface area contributed by atoms with E-state index in [9.17, 15) is 9.90 Å². The molecule has 0 saturated heterocycles. The van der Waals surface area contributed by atoms with Crippen LogP contribution >= 0.6 is 0 Å². The molecule has 0 amide bonds. The number of nitrogens with zero attached hydrogens (tertiary/aromatic N) is 1. The van der Waals surface area contributed by atoms with E-state index in [0.717, 1.165) is 16.7 Å². The molecule has 0 atom stereocenters. The number of aromatic nitrogens is 1. The molecule has 0 spiro atoms. The fourth-order valence-electron chi connectivity index (χ4n) is 2.72. The van der Waals surface area contributed by atoms with Gasteiger partial charge in [0.2, 0.25) is 0 Å². The SMILES string of the molecule is CC(C)(C)c1cc(-c2cc(CCC(=O)O)on2)cc(C(C)(C)C)c1O. The highest BCUT2D eigenvalue weighted by Crippen LogP contribution is 2.41. The Bertz CT molecular complexity index is 741. The lowest BCUT2D eigenvalue weighted by molar-refractivity contribution is -0.137. The molecule has 1 heterocycles. The number of carbonyl (C=O) groups is 1. The number of aromatic hydroxyl groups is 1. The van der Waals surface area contributed by atoms with Crippen LogP contribution < -0.4 is 0 Å². The third-order valence-corrected chi connectivity index (χ3v) is 4.17. The lowest BCUT2D eigenvalue weighted by Crippen LogP contribution is -2.17. The fourth-order valence-corrected chi connectivity index (χ4v) is 2.72. The first-order valence-electron chi connectivity index (χ1n) is 8.45. The molecule has 0 radical (unpaired) electrons. The normalized spacial score (nSPS) is 12.4. The molecule has 0 fully saturated rings. The topological polar surface area (TPSA) is 83.6 Å². The molecule has 0 aliphatic rings. The predicted molar refractivity (Wildman–Crippen MR) is 97.0 cm³/mol. The minimum absolute atomic E-state index is 0.00466. The van der Waals surface area contributed by atoms with Gasteiger partial charge in [0.1, 0.15) is 17.2 Å². The Morgan fingerprint density at radius 3 is 2.00 bits per heavy atom. The summed E-state index contributed by atoms with van der Waals surface area (Å²) >= 11 is 0. The first-order chi connectivity index (χ1) is 11.4. The summed E-state index contributed by atoms with van der Waals surface area (Å²) in [5.41, 5.74) is 2.76. The van der Waals surface area contributed by atoms with Crippen molar-refractivity contribution in [1.29, 1.82) is 0 Å². The van der Waals surface area contributed by atoms with E-state index >= 15 is 0 Å². The van der Waals surface area contributed by atoms with Gasteiger partial charge in [-0.15, -0.1) is 0 Å². The zero-order valence-electron chi connectivity index (χ0n) is 15.8. The van der Waals surface area contributed by atoms with Crippen LogP contribution in [0.3, 0.4) is 0 Å². The summed E-state index contributed by atoms with van der Waals surface area (Å²) in [5.74, 6) is -0.00828. The van der Waals surface area contributed by atoms with Crippen LogP contribution in [-0.2, 0) is 22.0 Å². The summed E-state index contributed by atoms with van der Waals surface area (Å²) in [5, 5.41) is 23.7. The second-order valence-corrected chi connectivity index (χ2v) is 8.49. The zero-order chi connectivity index (χ0) is 19.0. The molecule has 136 valence electrons. The molecule has 0 bridgehead atoms. The Kier molecular flexibility index (Phi) is 4.98. The molecular formula is C20H27NO4. The molecule has 5 heteroatoms. The summed E-state index contributed by atoms with van der Waals surface area (Å²) in [7, 11) is 0. The van der Waals surface area contributed by atoms with Gasteiger partial charge in [0, 0.05) is 29.2 Å². The monoisotopic (exact) mass is 345 g/mol. The molecule has 1 aromatic carbocycles. The van der Waals surface area contributed by atoms with E-state index in [-0.39, 0.29) is 17.3 Å². The maximum atomic E-state index is 10.8. The number of hydrogen-bond acceptors (Lipinski definition) is 4. The van der Waals surface area contributed by atoms with E-state index in [1.54, 1.807) is 6.07 Å². The van der Waals surface area contributed by atoms with Crippen molar-refractivity contribution < 1.29 is 19.5 Å². The zero-order valence-corrected chi connectivity index (χ0v) is 15.8. The molecule has 0 aliphatic carbocycles. The van der Waals surface area contributed by atoms with Crippen LogP contribution in [-0.4, -0.2) is 21.3 Å². The number of aliphatic carboxylic acids is 1. The highest BCUT2D eigenvalue weighted by atomic mass is 16.5. The average Bonchev–Trinajstić information content (AvgIpc) is 2.91. The van der Waals surface area contributed by atoms with Gasteiger partial charge in [0.25, 0.3) is 0 Å². The molecule has 0 saturated carbocycles. The second-order valence-electron chi connectivity index (χ2n) is 8.49. The highest BCUT2D eigenvalue weighted by Gasteiger charge is 2.27. The van der Waals surface area contributed by atoms with Crippen molar-refractivity contribution in [2.45, 2.75) is 65.2 Å². The van der Waals surface area contributed by atoms with E-state index in [2.05, 4.69) is 46.7 Å².